The lowest BCUT2D eigenvalue weighted by Crippen LogP contribution is -2.29. The fourth-order valence-corrected chi connectivity index (χ4v) is 3.15. The number of likely N-dealkylation sites (tertiary alicyclic amines) is 1. The molecule has 0 bridgehead atoms. The zero-order valence-corrected chi connectivity index (χ0v) is 14.0. The monoisotopic (exact) mass is 372 g/mol. The van der Waals surface area contributed by atoms with Gasteiger partial charge in [-0.05, 0) is 30.5 Å². The van der Waals surface area contributed by atoms with Crippen molar-refractivity contribution in [2.24, 2.45) is 0 Å². The topological polar surface area (TPSA) is 51.0 Å². The van der Waals surface area contributed by atoms with E-state index in [1.807, 2.05) is 0 Å². The van der Waals surface area contributed by atoms with Crippen LogP contribution < -0.4 is 0 Å². The summed E-state index contributed by atoms with van der Waals surface area (Å²) in [6, 6.07) is 3.80. The van der Waals surface area contributed by atoms with Crippen molar-refractivity contribution in [1.29, 1.82) is 0 Å². The maximum absolute atomic E-state index is 12.9. The molecule has 0 N–H and O–H groups in total. The Bertz CT molecular complexity index is 748. The van der Waals surface area contributed by atoms with Crippen LogP contribution in [0.2, 0.25) is 5.02 Å². The summed E-state index contributed by atoms with van der Waals surface area (Å²) in [5, 5.41) is 7.81. The first-order chi connectivity index (χ1) is 11.8. The van der Waals surface area contributed by atoms with Crippen LogP contribution in [0.5, 0.6) is 0 Å². The molecule has 1 fully saturated rings. The molecule has 1 atom stereocenters. The number of nitrogens with zero attached hydrogens (tertiary/aromatic N) is 4. The predicted octanol–water partition coefficient (Wildman–Crippen LogP) is 3.36. The minimum Gasteiger partial charge on any atom is -0.340 e. The van der Waals surface area contributed by atoms with Crippen molar-refractivity contribution in [3.05, 3.63) is 46.7 Å². The maximum atomic E-state index is 12.9. The van der Waals surface area contributed by atoms with Crippen LogP contribution in [0.15, 0.2) is 30.6 Å². The van der Waals surface area contributed by atoms with Gasteiger partial charge >= 0.3 is 6.18 Å². The number of aryl methyl sites for hydroxylation is 1. The van der Waals surface area contributed by atoms with E-state index in [0.717, 1.165) is 12.5 Å². The Morgan fingerprint density at radius 3 is 2.68 bits per heavy atom. The summed E-state index contributed by atoms with van der Waals surface area (Å²) in [6.45, 7) is 1.11. The summed E-state index contributed by atoms with van der Waals surface area (Å²) in [7, 11) is 0. The third-order valence-corrected chi connectivity index (χ3v) is 4.57. The van der Waals surface area contributed by atoms with E-state index in [2.05, 4.69) is 10.2 Å². The summed E-state index contributed by atoms with van der Waals surface area (Å²) in [4.78, 5) is 15.6. The van der Waals surface area contributed by atoms with Crippen molar-refractivity contribution >= 4 is 17.5 Å². The molecule has 0 spiro atoms. The smallest absolute Gasteiger partial charge is 0.340 e. The molecule has 1 aliphatic rings. The zero-order chi connectivity index (χ0) is 18.0. The highest BCUT2D eigenvalue weighted by molar-refractivity contribution is 6.31. The van der Waals surface area contributed by atoms with E-state index in [1.54, 1.807) is 22.1 Å². The summed E-state index contributed by atoms with van der Waals surface area (Å²) in [6.07, 6.45) is -0.180. The largest absolute Gasteiger partial charge is 0.417 e. The van der Waals surface area contributed by atoms with Gasteiger partial charge in [0.05, 0.1) is 29.0 Å². The van der Waals surface area contributed by atoms with Gasteiger partial charge in [0.2, 0.25) is 5.91 Å². The number of hydrogen-bond acceptors (Lipinski definition) is 3. The molecule has 5 nitrogen and oxygen atoms in total. The van der Waals surface area contributed by atoms with Gasteiger partial charge in [0.1, 0.15) is 0 Å². The van der Waals surface area contributed by atoms with E-state index >= 15 is 0 Å². The van der Waals surface area contributed by atoms with Gasteiger partial charge in [-0.25, -0.2) is 0 Å². The molecule has 1 amide bonds. The van der Waals surface area contributed by atoms with Gasteiger partial charge in [-0.1, -0.05) is 17.7 Å². The Balaban J connectivity index is 1.58. The van der Waals surface area contributed by atoms with Crippen LogP contribution in [0.4, 0.5) is 13.2 Å². The van der Waals surface area contributed by atoms with Crippen molar-refractivity contribution in [3.63, 3.8) is 0 Å². The lowest BCUT2D eigenvalue weighted by Gasteiger charge is -2.16. The molecule has 0 radical (unpaired) electrons. The Labute approximate surface area is 147 Å². The molecule has 0 aliphatic carbocycles. The fourth-order valence-electron chi connectivity index (χ4n) is 2.93. The lowest BCUT2D eigenvalue weighted by molar-refractivity contribution is -0.137. The quantitative estimate of drug-likeness (QED) is 0.827. The summed E-state index contributed by atoms with van der Waals surface area (Å²) in [5.74, 6) is -0.0850. The Hall–Kier alpha value is -2.09. The van der Waals surface area contributed by atoms with Crippen molar-refractivity contribution in [3.8, 4) is 0 Å². The number of benzene rings is 1. The van der Waals surface area contributed by atoms with Crippen LogP contribution in [0.1, 0.15) is 30.0 Å². The number of carbonyl (C=O) groups is 1. The second kappa shape index (κ2) is 7.03. The molecule has 1 aromatic carbocycles. The van der Waals surface area contributed by atoms with E-state index in [-0.39, 0.29) is 29.8 Å². The van der Waals surface area contributed by atoms with Crippen LogP contribution >= 0.6 is 11.6 Å². The summed E-state index contributed by atoms with van der Waals surface area (Å²) in [5.41, 5.74) is -0.431. The molecule has 9 heteroatoms. The average Bonchev–Trinajstić information content (AvgIpc) is 3.23. The predicted molar refractivity (Wildman–Crippen MR) is 85.0 cm³/mol. The number of halogens is 4. The van der Waals surface area contributed by atoms with E-state index in [9.17, 15) is 18.0 Å². The highest BCUT2D eigenvalue weighted by atomic mass is 35.5. The number of aromatic nitrogens is 3. The van der Waals surface area contributed by atoms with Crippen LogP contribution in [-0.4, -0.2) is 38.9 Å². The Morgan fingerprint density at radius 2 is 2.00 bits per heavy atom. The molecular weight excluding hydrogens is 357 g/mol. The third-order valence-electron chi connectivity index (χ3n) is 4.24. The molecule has 1 aromatic heterocycles. The van der Waals surface area contributed by atoms with Crippen molar-refractivity contribution in [2.75, 3.05) is 13.1 Å². The normalized spacial score (nSPS) is 17.9. The highest BCUT2D eigenvalue weighted by Gasteiger charge is 2.33. The highest BCUT2D eigenvalue weighted by Crippen LogP contribution is 2.35. The Kier molecular flexibility index (Phi) is 4.99. The number of rotatable bonds is 4. The van der Waals surface area contributed by atoms with E-state index < -0.39 is 11.7 Å². The molecule has 1 unspecified atom stereocenters. The molecule has 2 aromatic rings. The first-order valence-electron chi connectivity index (χ1n) is 7.84. The molecule has 1 saturated heterocycles. The molecule has 1 aliphatic heterocycles. The minimum absolute atomic E-state index is 0.0475. The molecular formula is C16H16ClF3N4O. The molecule has 134 valence electrons. The standard InChI is InChI=1S/C16H16ClF3N4O/c17-14-3-1-11(9-13(14)16(18,19)20)2-4-15(25)23-8-5-12(10-23)24-21-6-7-22-24/h1,3,6-7,9,12H,2,4-5,8,10H2. The Morgan fingerprint density at radius 1 is 1.28 bits per heavy atom. The fraction of sp³-hybridized carbons (Fsp3) is 0.438. The first kappa shape index (κ1) is 17.7. The van der Waals surface area contributed by atoms with Gasteiger partial charge in [-0.2, -0.15) is 28.2 Å². The number of carbonyl (C=O) groups excluding carboxylic acids is 1. The van der Waals surface area contributed by atoms with Gasteiger partial charge in [0, 0.05) is 19.5 Å². The van der Waals surface area contributed by atoms with Crippen LogP contribution in [-0.2, 0) is 17.4 Å². The van der Waals surface area contributed by atoms with E-state index in [4.69, 9.17) is 11.6 Å². The second-order valence-corrected chi connectivity index (χ2v) is 6.35. The second-order valence-electron chi connectivity index (χ2n) is 5.94. The van der Waals surface area contributed by atoms with Gasteiger partial charge in [0.15, 0.2) is 0 Å². The van der Waals surface area contributed by atoms with Gasteiger partial charge < -0.3 is 4.90 Å². The molecule has 25 heavy (non-hydrogen) atoms. The van der Waals surface area contributed by atoms with Crippen LogP contribution in [0, 0.1) is 0 Å². The number of alkyl halides is 3. The maximum Gasteiger partial charge on any atom is 0.417 e. The molecule has 0 saturated carbocycles. The van der Waals surface area contributed by atoms with Crippen LogP contribution in [0.3, 0.4) is 0 Å². The van der Waals surface area contributed by atoms with Crippen LogP contribution in [0.25, 0.3) is 0 Å². The average molecular weight is 373 g/mol. The summed E-state index contributed by atoms with van der Waals surface area (Å²) >= 11 is 5.60. The third kappa shape index (κ3) is 4.12. The van der Waals surface area contributed by atoms with Crippen molar-refractivity contribution < 1.29 is 18.0 Å². The van der Waals surface area contributed by atoms with E-state index in [0.29, 0.717) is 18.7 Å². The number of amides is 1. The van der Waals surface area contributed by atoms with E-state index in [1.165, 1.54) is 12.1 Å². The SMILES string of the molecule is O=C(CCc1ccc(Cl)c(C(F)(F)F)c1)N1CCC(n2nccn2)C1. The van der Waals surface area contributed by atoms with Crippen molar-refractivity contribution in [1.82, 2.24) is 19.9 Å². The first-order valence-corrected chi connectivity index (χ1v) is 8.21. The minimum atomic E-state index is -4.50. The molecule has 2 heterocycles. The van der Waals surface area contributed by atoms with Crippen molar-refractivity contribution in [2.45, 2.75) is 31.5 Å². The van der Waals surface area contributed by atoms with Gasteiger partial charge in [-0.15, -0.1) is 0 Å². The van der Waals surface area contributed by atoms with Gasteiger partial charge in [-0.3, -0.25) is 4.79 Å². The zero-order valence-electron chi connectivity index (χ0n) is 13.2. The summed E-state index contributed by atoms with van der Waals surface area (Å²) < 4.78 is 38.6. The van der Waals surface area contributed by atoms with Gasteiger partial charge in [0.25, 0.3) is 0 Å². The lowest BCUT2D eigenvalue weighted by atomic mass is 10.1. The molecule has 3 rings (SSSR count). The number of hydrogen-bond donors (Lipinski definition) is 0.